The molecular weight excluding hydrogens is 756 g/mol. The minimum Gasteiger partial charge on any atom is -0.386 e. The summed E-state index contributed by atoms with van der Waals surface area (Å²) in [6, 6.07) is 8.88. The van der Waals surface area contributed by atoms with Gasteiger partial charge in [0.2, 0.25) is 0 Å². The van der Waals surface area contributed by atoms with Crippen LogP contribution in [-0.2, 0) is 40.0 Å². The Bertz CT molecular complexity index is 1740. The summed E-state index contributed by atoms with van der Waals surface area (Å²) in [6.45, 7) is 2.63. The molecule has 318 valence electrons. The molecule has 2 aromatic heterocycles. The van der Waals surface area contributed by atoms with Gasteiger partial charge in [-0.05, 0) is 49.2 Å². The summed E-state index contributed by atoms with van der Waals surface area (Å²) in [4.78, 5) is 14.6. The second-order valence-electron chi connectivity index (χ2n) is 15.4. The smallest absolute Gasteiger partial charge is 0.386 e. The molecule has 0 amide bonds. The number of halogens is 1. The third-order valence-electron chi connectivity index (χ3n) is 10.5. The monoisotopic (exact) mass is 819 g/mol. The summed E-state index contributed by atoms with van der Waals surface area (Å²) in [7, 11) is -4.76. The summed E-state index contributed by atoms with van der Waals surface area (Å²) >= 11 is 0. The number of phosphoric acid groups is 1. The van der Waals surface area contributed by atoms with Crippen LogP contribution in [0.4, 0.5) is 10.2 Å². The van der Waals surface area contributed by atoms with Gasteiger partial charge < -0.3 is 35.1 Å². The molecule has 4 rings (SSSR count). The molecule has 1 aliphatic heterocycles. The molecule has 16 heteroatoms. The van der Waals surface area contributed by atoms with E-state index in [1.807, 2.05) is 6.07 Å². The number of aliphatic hydroxyl groups is 2. The van der Waals surface area contributed by atoms with E-state index in [4.69, 9.17) is 29.0 Å². The van der Waals surface area contributed by atoms with Gasteiger partial charge in [0.25, 0.3) is 0 Å². The molecule has 14 nitrogen and oxygen atoms in total. The molecule has 1 saturated heterocycles. The number of nitriles is 1. The van der Waals surface area contributed by atoms with E-state index in [0.29, 0.717) is 17.7 Å². The van der Waals surface area contributed by atoms with E-state index in [9.17, 15) is 29.3 Å². The lowest BCUT2D eigenvalue weighted by Gasteiger charge is -2.32. The number of aromatic nitrogens is 3. The molecule has 0 radical (unpaired) electrons. The van der Waals surface area contributed by atoms with Crippen molar-refractivity contribution >= 4 is 19.2 Å². The number of phosphoric ester groups is 1. The number of rotatable bonds is 29. The van der Waals surface area contributed by atoms with Crippen molar-refractivity contribution in [1.29, 1.82) is 5.26 Å². The van der Waals surface area contributed by atoms with Crippen LogP contribution in [0.2, 0.25) is 0 Å². The van der Waals surface area contributed by atoms with Crippen LogP contribution in [0, 0.1) is 17.1 Å². The highest BCUT2D eigenvalue weighted by Crippen LogP contribution is 2.47. The number of benzene rings is 1. The maximum absolute atomic E-state index is 14.1. The van der Waals surface area contributed by atoms with Gasteiger partial charge in [-0.1, -0.05) is 103 Å². The van der Waals surface area contributed by atoms with Crippen molar-refractivity contribution in [3.05, 3.63) is 59.3 Å². The average molecular weight is 820 g/mol. The average Bonchev–Trinajstić information content (AvgIpc) is 3.74. The van der Waals surface area contributed by atoms with Gasteiger partial charge in [-0.25, -0.2) is 18.5 Å². The number of aliphatic hydroxyl groups excluding tert-OH is 1. The maximum Gasteiger partial charge on any atom is 0.472 e. The molecular formula is C41H63FN5O9P. The van der Waals surface area contributed by atoms with Crippen molar-refractivity contribution in [3.63, 3.8) is 0 Å². The van der Waals surface area contributed by atoms with Crippen LogP contribution in [0.3, 0.4) is 0 Å². The molecule has 0 saturated carbocycles. The zero-order chi connectivity index (χ0) is 41.2. The lowest BCUT2D eigenvalue weighted by molar-refractivity contribution is -0.101. The standard InChI is InChI=1S/C41H63FN5O9P/c1-3-4-5-6-7-8-9-10-11-12-13-14-15-16-17-18-21-52-27-35(53-26-33-22-32(25-43)23-34(42)24-33)28-55-57(50,51)56-29-40(2)39(48)41(49,30-54-40)37-20-19-36-38(44)45-31-46-47(36)37/h19-20,22-24,31,35,39,48-49H,3-18,21,26-30H2,1-2H3,(H,50,51)(H2,44,45,46)/t35-,39+,40+,41?/m0/s1. The maximum atomic E-state index is 14.1. The van der Waals surface area contributed by atoms with E-state index in [1.165, 1.54) is 119 Å². The number of nitrogens with two attached hydrogens (primary N) is 1. The van der Waals surface area contributed by atoms with Crippen LogP contribution in [0.15, 0.2) is 36.7 Å². The highest BCUT2D eigenvalue weighted by Gasteiger charge is 2.58. The fourth-order valence-corrected chi connectivity index (χ4v) is 7.95. The Hall–Kier alpha value is -3.03. The number of ether oxygens (including phenoxy) is 3. The Morgan fingerprint density at radius 3 is 2.26 bits per heavy atom. The van der Waals surface area contributed by atoms with Crippen molar-refractivity contribution < 1.29 is 47.3 Å². The van der Waals surface area contributed by atoms with E-state index in [-0.39, 0.29) is 36.9 Å². The van der Waals surface area contributed by atoms with E-state index < -0.39 is 50.3 Å². The van der Waals surface area contributed by atoms with Gasteiger partial charge in [0.05, 0.1) is 50.4 Å². The Balaban J connectivity index is 1.19. The van der Waals surface area contributed by atoms with E-state index >= 15 is 0 Å². The first-order chi connectivity index (χ1) is 27.4. The van der Waals surface area contributed by atoms with Crippen molar-refractivity contribution in [2.75, 3.05) is 38.8 Å². The fourth-order valence-electron chi connectivity index (χ4n) is 7.10. The SMILES string of the molecule is CCCCCCCCCCCCCCCCCCOC[C@@H](COP(=O)(O)OC[C@@]1(C)OCC(O)(c2ccc3c(N)ncnn23)[C@@H]1O)OCc1cc(F)cc(C#N)c1. The zero-order valence-electron chi connectivity index (χ0n) is 33.7. The van der Waals surface area contributed by atoms with E-state index in [1.54, 1.807) is 6.07 Å². The number of fused-ring (bicyclic) bond motifs is 1. The second kappa shape index (κ2) is 23.5. The van der Waals surface area contributed by atoms with Crippen LogP contribution < -0.4 is 5.73 Å². The predicted molar refractivity (Wildman–Crippen MR) is 213 cm³/mol. The topological polar surface area (TPSA) is 204 Å². The molecule has 0 spiro atoms. The van der Waals surface area contributed by atoms with Gasteiger partial charge in [-0.15, -0.1) is 0 Å². The summed E-state index contributed by atoms with van der Waals surface area (Å²) in [5.74, 6) is -0.416. The lowest BCUT2D eigenvalue weighted by Crippen LogP contribution is -2.49. The summed E-state index contributed by atoms with van der Waals surface area (Å²) in [5, 5.41) is 36.1. The highest BCUT2D eigenvalue weighted by atomic mass is 31.2. The lowest BCUT2D eigenvalue weighted by atomic mass is 9.86. The molecule has 5 atom stereocenters. The molecule has 1 aromatic carbocycles. The Morgan fingerprint density at radius 2 is 1.63 bits per heavy atom. The predicted octanol–water partition coefficient (Wildman–Crippen LogP) is 7.66. The van der Waals surface area contributed by atoms with Gasteiger partial charge in [0.15, 0.2) is 11.4 Å². The van der Waals surface area contributed by atoms with Gasteiger partial charge in [0, 0.05) is 6.61 Å². The molecule has 5 N–H and O–H groups in total. The second-order valence-corrected chi connectivity index (χ2v) is 16.9. The van der Waals surface area contributed by atoms with Gasteiger partial charge in [-0.3, -0.25) is 9.05 Å². The normalized spacial score (nSPS) is 21.2. The molecule has 1 fully saturated rings. The van der Waals surface area contributed by atoms with Crippen LogP contribution in [-0.4, -0.2) is 80.5 Å². The van der Waals surface area contributed by atoms with Crippen LogP contribution in [0.25, 0.3) is 5.52 Å². The molecule has 2 unspecified atom stereocenters. The Labute approximate surface area is 336 Å². The molecule has 57 heavy (non-hydrogen) atoms. The third kappa shape index (κ3) is 14.6. The van der Waals surface area contributed by atoms with Crippen LogP contribution in [0.1, 0.15) is 133 Å². The molecule has 0 bridgehead atoms. The Kier molecular flexibility index (Phi) is 19.3. The highest BCUT2D eigenvalue weighted by molar-refractivity contribution is 7.47. The summed E-state index contributed by atoms with van der Waals surface area (Å²) in [5.41, 5.74) is 3.47. The summed E-state index contributed by atoms with van der Waals surface area (Å²) in [6.07, 6.45) is 18.9. The van der Waals surface area contributed by atoms with Crippen molar-refractivity contribution in [2.24, 2.45) is 0 Å². The number of unbranched alkanes of at least 4 members (excludes halogenated alkanes) is 15. The van der Waals surface area contributed by atoms with Crippen molar-refractivity contribution in [1.82, 2.24) is 14.6 Å². The molecule has 3 aromatic rings. The quantitative estimate of drug-likeness (QED) is 0.0393. The number of hydrogen-bond donors (Lipinski definition) is 4. The van der Waals surface area contributed by atoms with Crippen LogP contribution in [0.5, 0.6) is 0 Å². The van der Waals surface area contributed by atoms with Crippen LogP contribution >= 0.6 is 7.82 Å². The third-order valence-corrected chi connectivity index (χ3v) is 11.5. The van der Waals surface area contributed by atoms with E-state index in [0.717, 1.165) is 25.3 Å². The molecule has 1 aliphatic rings. The van der Waals surface area contributed by atoms with E-state index in [2.05, 4.69) is 17.0 Å². The van der Waals surface area contributed by atoms with Crippen molar-refractivity contribution in [3.8, 4) is 6.07 Å². The summed E-state index contributed by atoms with van der Waals surface area (Å²) < 4.78 is 56.6. The molecule has 3 heterocycles. The van der Waals surface area contributed by atoms with Gasteiger partial charge in [-0.2, -0.15) is 10.4 Å². The van der Waals surface area contributed by atoms with Crippen molar-refractivity contribution in [2.45, 2.75) is 147 Å². The number of hydrogen-bond acceptors (Lipinski definition) is 12. The minimum absolute atomic E-state index is 0.0189. The number of nitrogens with zero attached hydrogens (tertiary/aromatic N) is 4. The Morgan fingerprint density at radius 1 is 1.00 bits per heavy atom. The largest absolute Gasteiger partial charge is 0.472 e. The number of nitrogen functional groups attached to an aromatic ring is 1. The first-order valence-electron chi connectivity index (χ1n) is 20.5. The minimum atomic E-state index is -4.76. The number of anilines is 1. The van der Waals surface area contributed by atoms with Gasteiger partial charge >= 0.3 is 7.82 Å². The fraction of sp³-hybridized carbons (Fsp3) is 0.683. The molecule has 0 aliphatic carbocycles. The van der Waals surface area contributed by atoms with Gasteiger partial charge in [0.1, 0.15) is 35.5 Å². The first-order valence-corrected chi connectivity index (χ1v) is 22.0. The zero-order valence-corrected chi connectivity index (χ0v) is 34.6. The first kappa shape index (κ1) is 46.7.